The van der Waals surface area contributed by atoms with E-state index in [-0.39, 0.29) is 18.5 Å². The molecule has 1 saturated heterocycles. The summed E-state index contributed by atoms with van der Waals surface area (Å²) in [6.45, 7) is 5.20. The molecule has 0 amide bonds. The van der Waals surface area contributed by atoms with Crippen LogP contribution >= 0.6 is 0 Å². The average Bonchev–Trinajstić information content (AvgIpc) is 3.50. The van der Waals surface area contributed by atoms with E-state index in [0.717, 1.165) is 59.2 Å². The predicted octanol–water partition coefficient (Wildman–Crippen LogP) is 4.49. The highest BCUT2D eigenvalue weighted by molar-refractivity contribution is 7.89. The van der Waals surface area contributed by atoms with Crippen molar-refractivity contribution in [2.75, 3.05) is 25.6 Å². The van der Waals surface area contributed by atoms with Crippen LogP contribution in [-0.2, 0) is 10.0 Å². The van der Waals surface area contributed by atoms with E-state index in [9.17, 15) is 8.42 Å². The number of fused-ring (bicyclic) bond motifs is 1. The zero-order valence-electron chi connectivity index (χ0n) is 19.6. The molecular formula is C25H30N4O4S. The lowest BCUT2D eigenvalue weighted by molar-refractivity contribution is 0.174. The van der Waals surface area contributed by atoms with Crippen molar-refractivity contribution in [2.24, 2.45) is 0 Å². The molecule has 1 unspecified atom stereocenters. The van der Waals surface area contributed by atoms with Gasteiger partial charge >= 0.3 is 0 Å². The van der Waals surface area contributed by atoms with Crippen LogP contribution in [0.1, 0.15) is 50.0 Å². The summed E-state index contributed by atoms with van der Waals surface area (Å²) >= 11 is 0. The van der Waals surface area contributed by atoms with Gasteiger partial charge in [-0.05, 0) is 56.5 Å². The van der Waals surface area contributed by atoms with E-state index in [4.69, 9.17) is 19.4 Å². The molecule has 0 bridgehead atoms. The van der Waals surface area contributed by atoms with Crippen LogP contribution in [0, 0.1) is 6.92 Å². The first-order valence-electron chi connectivity index (χ1n) is 11.9. The van der Waals surface area contributed by atoms with Crippen LogP contribution in [0.15, 0.2) is 36.4 Å². The van der Waals surface area contributed by atoms with Crippen LogP contribution < -0.4 is 9.47 Å². The standard InChI is InChI=1S/C25H30N4O4S/c1-3-4-13-34(30,31)29-12-6-8-19(15-29)25-27-23(18-10-11-21-22(14-18)33-16-32-21)24(28-25)20-9-5-7-17(2)26-20/h5,7,9-11,14,19H,3-4,6,8,12-13,15-16H2,1-2H3,(H,27,28). The van der Waals surface area contributed by atoms with Gasteiger partial charge in [0.1, 0.15) is 5.82 Å². The van der Waals surface area contributed by atoms with Crippen molar-refractivity contribution in [1.82, 2.24) is 19.3 Å². The molecule has 1 aromatic carbocycles. The van der Waals surface area contributed by atoms with E-state index >= 15 is 0 Å². The maximum absolute atomic E-state index is 12.8. The fourth-order valence-corrected chi connectivity index (χ4v) is 6.31. The molecule has 3 aromatic rings. The number of aryl methyl sites for hydroxylation is 1. The van der Waals surface area contributed by atoms with Crippen molar-refractivity contribution in [2.45, 2.75) is 45.4 Å². The number of unbranched alkanes of at least 4 members (excludes halogenated alkanes) is 1. The quantitative estimate of drug-likeness (QED) is 0.533. The average molecular weight is 483 g/mol. The zero-order valence-corrected chi connectivity index (χ0v) is 20.4. The number of hydrogen-bond donors (Lipinski definition) is 1. The highest BCUT2D eigenvalue weighted by atomic mass is 32.2. The van der Waals surface area contributed by atoms with Crippen LogP contribution in [-0.4, -0.2) is 53.3 Å². The summed E-state index contributed by atoms with van der Waals surface area (Å²) in [7, 11) is -3.26. The molecule has 1 atom stereocenters. The third kappa shape index (κ3) is 4.54. The minimum absolute atomic E-state index is 0.00327. The van der Waals surface area contributed by atoms with E-state index in [1.807, 2.05) is 50.2 Å². The van der Waals surface area contributed by atoms with Gasteiger partial charge in [-0.25, -0.2) is 17.7 Å². The van der Waals surface area contributed by atoms with Crippen molar-refractivity contribution < 1.29 is 17.9 Å². The van der Waals surface area contributed by atoms with Gasteiger partial charge in [-0.1, -0.05) is 19.4 Å². The minimum atomic E-state index is -3.26. The van der Waals surface area contributed by atoms with Crippen molar-refractivity contribution in [1.29, 1.82) is 0 Å². The molecule has 34 heavy (non-hydrogen) atoms. The fraction of sp³-hybridized carbons (Fsp3) is 0.440. The molecular weight excluding hydrogens is 452 g/mol. The first-order chi connectivity index (χ1) is 16.4. The lowest BCUT2D eigenvalue weighted by Crippen LogP contribution is -2.40. The minimum Gasteiger partial charge on any atom is -0.454 e. The number of piperidine rings is 1. The Balaban J connectivity index is 1.52. The smallest absolute Gasteiger partial charge is 0.231 e. The van der Waals surface area contributed by atoms with Gasteiger partial charge in [-0.15, -0.1) is 0 Å². The Bertz CT molecular complexity index is 1290. The maximum Gasteiger partial charge on any atom is 0.231 e. The number of aromatic nitrogens is 3. The second-order valence-electron chi connectivity index (χ2n) is 8.94. The highest BCUT2D eigenvalue weighted by Crippen LogP contribution is 2.39. The second kappa shape index (κ2) is 9.38. The number of nitrogens with zero attached hydrogens (tertiary/aromatic N) is 3. The van der Waals surface area contributed by atoms with Gasteiger partial charge in [-0.2, -0.15) is 0 Å². The lowest BCUT2D eigenvalue weighted by Gasteiger charge is -2.31. The summed E-state index contributed by atoms with van der Waals surface area (Å²) in [5.74, 6) is 2.40. The Hall–Kier alpha value is -2.91. The molecule has 2 aromatic heterocycles. The number of sulfonamides is 1. The third-order valence-electron chi connectivity index (χ3n) is 6.43. The van der Waals surface area contributed by atoms with Crippen LogP contribution in [0.4, 0.5) is 0 Å². The lowest BCUT2D eigenvalue weighted by atomic mass is 9.99. The number of imidazole rings is 1. The van der Waals surface area contributed by atoms with Gasteiger partial charge < -0.3 is 14.5 Å². The topological polar surface area (TPSA) is 97.4 Å². The number of rotatable bonds is 7. The van der Waals surface area contributed by atoms with Gasteiger partial charge in [0.15, 0.2) is 11.5 Å². The predicted molar refractivity (Wildman–Crippen MR) is 130 cm³/mol. The summed E-state index contributed by atoms with van der Waals surface area (Å²) in [5.41, 5.74) is 4.21. The Kier molecular flexibility index (Phi) is 6.31. The van der Waals surface area contributed by atoms with E-state index in [1.165, 1.54) is 0 Å². The van der Waals surface area contributed by atoms with E-state index in [0.29, 0.717) is 25.3 Å². The third-order valence-corrected chi connectivity index (χ3v) is 8.36. The number of nitrogens with one attached hydrogen (secondary N) is 1. The molecule has 0 radical (unpaired) electrons. The largest absolute Gasteiger partial charge is 0.454 e. The van der Waals surface area contributed by atoms with Crippen LogP contribution in [0.5, 0.6) is 11.5 Å². The molecule has 2 aliphatic rings. The van der Waals surface area contributed by atoms with Crippen LogP contribution in [0.2, 0.25) is 0 Å². The van der Waals surface area contributed by atoms with Gasteiger partial charge in [-0.3, -0.25) is 4.98 Å². The first-order valence-corrected chi connectivity index (χ1v) is 13.5. The van der Waals surface area contributed by atoms with Crippen molar-refractivity contribution in [3.8, 4) is 34.1 Å². The molecule has 8 nitrogen and oxygen atoms in total. The molecule has 0 aliphatic carbocycles. The maximum atomic E-state index is 12.8. The summed E-state index contributed by atoms with van der Waals surface area (Å²) in [4.78, 5) is 13.2. The molecule has 2 aliphatic heterocycles. The summed E-state index contributed by atoms with van der Waals surface area (Å²) in [6.07, 6.45) is 3.24. The van der Waals surface area contributed by atoms with E-state index in [1.54, 1.807) is 4.31 Å². The second-order valence-corrected chi connectivity index (χ2v) is 11.0. The Labute approximate surface area is 200 Å². The fourth-order valence-electron chi connectivity index (χ4n) is 4.58. The molecule has 0 saturated carbocycles. The van der Waals surface area contributed by atoms with Crippen molar-refractivity contribution in [3.63, 3.8) is 0 Å². The zero-order chi connectivity index (χ0) is 23.7. The number of pyridine rings is 1. The van der Waals surface area contributed by atoms with Gasteiger partial charge in [0, 0.05) is 30.3 Å². The van der Waals surface area contributed by atoms with Crippen molar-refractivity contribution in [3.05, 3.63) is 47.9 Å². The van der Waals surface area contributed by atoms with E-state index in [2.05, 4.69) is 4.98 Å². The Morgan fingerprint density at radius 2 is 2.00 bits per heavy atom. The number of ether oxygens (including phenoxy) is 2. The summed E-state index contributed by atoms with van der Waals surface area (Å²) in [6, 6.07) is 11.7. The van der Waals surface area contributed by atoms with E-state index < -0.39 is 10.0 Å². The number of H-pyrrole nitrogens is 1. The normalized spacial score (nSPS) is 18.4. The number of hydrogen-bond acceptors (Lipinski definition) is 6. The van der Waals surface area contributed by atoms with Gasteiger partial charge in [0.2, 0.25) is 16.8 Å². The monoisotopic (exact) mass is 482 g/mol. The molecule has 9 heteroatoms. The van der Waals surface area contributed by atoms with Gasteiger partial charge in [0.25, 0.3) is 0 Å². The van der Waals surface area contributed by atoms with Crippen LogP contribution in [0.3, 0.4) is 0 Å². The molecule has 4 heterocycles. The Morgan fingerprint density at radius 3 is 2.82 bits per heavy atom. The first kappa shape index (κ1) is 22.9. The molecule has 1 fully saturated rings. The van der Waals surface area contributed by atoms with Gasteiger partial charge in [0.05, 0.1) is 22.8 Å². The summed E-state index contributed by atoms with van der Waals surface area (Å²) < 4.78 is 38.4. The SMILES string of the molecule is CCCCS(=O)(=O)N1CCCC(c2nc(-c3ccc4c(c3)OCO4)c(-c3cccc(C)n3)[nH]2)C1. The Morgan fingerprint density at radius 1 is 1.15 bits per heavy atom. The molecule has 180 valence electrons. The number of aromatic amines is 1. The molecule has 0 spiro atoms. The highest BCUT2D eigenvalue weighted by Gasteiger charge is 2.31. The van der Waals surface area contributed by atoms with Crippen molar-refractivity contribution >= 4 is 10.0 Å². The molecule has 5 rings (SSSR count). The molecule has 1 N–H and O–H groups in total. The van der Waals surface area contributed by atoms with Crippen LogP contribution in [0.25, 0.3) is 22.6 Å². The summed E-state index contributed by atoms with van der Waals surface area (Å²) in [5, 5.41) is 0. The number of benzene rings is 1.